The summed E-state index contributed by atoms with van der Waals surface area (Å²) in [5.74, 6) is 0.607. The van der Waals surface area contributed by atoms with E-state index >= 15 is 0 Å². The molecule has 0 bridgehead atoms. The van der Waals surface area contributed by atoms with E-state index in [2.05, 4.69) is 10.3 Å². The van der Waals surface area contributed by atoms with Crippen LogP contribution in [0, 0.1) is 6.92 Å². The molecule has 0 aromatic carbocycles. The molecule has 1 rings (SSSR count). The van der Waals surface area contributed by atoms with Gasteiger partial charge in [0.15, 0.2) is 0 Å². The van der Waals surface area contributed by atoms with Gasteiger partial charge in [0.1, 0.15) is 5.75 Å². The zero-order valence-electron chi connectivity index (χ0n) is 11.2. The van der Waals surface area contributed by atoms with Crippen molar-refractivity contribution in [2.45, 2.75) is 39.4 Å². The van der Waals surface area contributed by atoms with E-state index in [-0.39, 0.29) is 13.0 Å². The maximum atomic E-state index is 12.0. The van der Waals surface area contributed by atoms with Crippen LogP contribution in [0.15, 0.2) is 12.3 Å². The summed E-state index contributed by atoms with van der Waals surface area (Å²) < 4.78 is 41.5. The van der Waals surface area contributed by atoms with Gasteiger partial charge in [-0.15, -0.1) is 0 Å². The smallest absolute Gasteiger partial charge is 0.389 e. The first-order valence-corrected chi connectivity index (χ1v) is 6.28. The van der Waals surface area contributed by atoms with Crippen LogP contribution in [-0.2, 0) is 6.54 Å². The molecule has 1 N–H and O–H groups in total. The Bertz CT molecular complexity index is 394. The molecule has 1 heterocycles. The van der Waals surface area contributed by atoms with Crippen LogP contribution in [0.5, 0.6) is 5.75 Å². The van der Waals surface area contributed by atoms with E-state index in [1.807, 2.05) is 13.8 Å². The third kappa shape index (κ3) is 6.42. The number of hydrogen-bond donors (Lipinski definition) is 1. The molecule has 19 heavy (non-hydrogen) atoms. The molecule has 1 aromatic heterocycles. The molecule has 0 saturated heterocycles. The first kappa shape index (κ1) is 15.8. The van der Waals surface area contributed by atoms with Gasteiger partial charge >= 0.3 is 6.18 Å². The molecule has 0 unspecified atom stereocenters. The van der Waals surface area contributed by atoms with E-state index in [9.17, 15) is 13.2 Å². The van der Waals surface area contributed by atoms with Gasteiger partial charge in [-0.1, -0.05) is 6.92 Å². The molecule has 0 aliphatic heterocycles. The van der Waals surface area contributed by atoms with Crippen LogP contribution in [-0.4, -0.2) is 24.3 Å². The number of aromatic nitrogens is 1. The van der Waals surface area contributed by atoms with Gasteiger partial charge in [0, 0.05) is 36.5 Å². The number of halogens is 3. The summed E-state index contributed by atoms with van der Waals surface area (Å²) in [6.45, 7) is 5.26. The number of ether oxygens (including phenoxy) is 1. The lowest BCUT2D eigenvalue weighted by Crippen LogP contribution is -2.14. The molecule has 0 fully saturated rings. The van der Waals surface area contributed by atoms with Crippen molar-refractivity contribution in [1.29, 1.82) is 0 Å². The predicted molar refractivity (Wildman–Crippen MR) is 67.1 cm³/mol. The van der Waals surface area contributed by atoms with Crippen molar-refractivity contribution < 1.29 is 17.9 Å². The highest BCUT2D eigenvalue weighted by atomic mass is 19.4. The van der Waals surface area contributed by atoms with Gasteiger partial charge < -0.3 is 10.1 Å². The largest absolute Gasteiger partial charge is 0.493 e. The Morgan fingerprint density at radius 1 is 1.37 bits per heavy atom. The molecule has 0 atom stereocenters. The third-order valence-corrected chi connectivity index (χ3v) is 2.51. The first-order chi connectivity index (χ1) is 8.92. The fraction of sp³-hybridized carbons (Fsp3) is 0.615. The highest BCUT2D eigenvalue weighted by molar-refractivity contribution is 5.32. The molecular formula is C13H19F3N2O. The SMILES string of the molecule is CCNCc1cnc(C)cc1OCCCC(F)(F)F. The zero-order valence-corrected chi connectivity index (χ0v) is 11.2. The highest BCUT2D eigenvalue weighted by Crippen LogP contribution is 2.23. The number of rotatable bonds is 7. The summed E-state index contributed by atoms with van der Waals surface area (Å²) in [6, 6.07) is 1.75. The van der Waals surface area contributed by atoms with Crippen LogP contribution in [0.4, 0.5) is 13.2 Å². The van der Waals surface area contributed by atoms with Gasteiger partial charge in [-0.2, -0.15) is 13.2 Å². The Balaban J connectivity index is 2.53. The molecule has 0 aliphatic rings. The fourth-order valence-electron chi connectivity index (χ4n) is 1.54. The van der Waals surface area contributed by atoms with Gasteiger partial charge in [0.25, 0.3) is 0 Å². The van der Waals surface area contributed by atoms with Crippen LogP contribution in [0.2, 0.25) is 0 Å². The summed E-state index contributed by atoms with van der Waals surface area (Å²) in [5, 5.41) is 3.14. The number of nitrogens with one attached hydrogen (secondary N) is 1. The Kier molecular flexibility index (Phi) is 6.08. The first-order valence-electron chi connectivity index (χ1n) is 6.28. The van der Waals surface area contributed by atoms with Crippen molar-refractivity contribution in [3.63, 3.8) is 0 Å². The van der Waals surface area contributed by atoms with Crippen molar-refractivity contribution >= 4 is 0 Å². The molecule has 3 nitrogen and oxygen atoms in total. The van der Waals surface area contributed by atoms with E-state index < -0.39 is 12.6 Å². The minimum Gasteiger partial charge on any atom is -0.493 e. The topological polar surface area (TPSA) is 34.2 Å². The maximum absolute atomic E-state index is 12.0. The molecule has 0 saturated carbocycles. The summed E-state index contributed by atoms with van der Waals surface area (Å²) in [7, 11) is 0. The Hall–Kier alpha value is -1.30. The van der Waals surface area contributed by atoms with Crippen LogP contribution in [0.1, 0.15) is 31.0 Å². The van der Waals surface area contributed by atoms with Crippen LogP contribution >= 0.6 is 0 Å². The van der Waals surface area contributed by atoms with Crippen molar-refractivity contribution in [3.8, 4) is 5.75 Å². The number of pyridine rings is 1. The lowest BCUT2D eigenvalue weighted by Gasteiger charge is -2.13. The minimum absolute atomic E-state index is 0.0362. The van der Waals surface area contributed by atoms with Crippen LogP contribution in [0.3, 0.4) is 0 Å². The van der Waals surface area contributed by atoms with E-state index in [0.717, 1.165) is 17.8 Å². The Morgan fingerprint density at radius 3 is 2.74 bits per heavy atom. The molecule has 1 aromatic rings. The van der Waals surface area contributed by atoms with Crippen LogP contribution in [0.25, 0.3) is 0 Å². The average Bonchev–Trinajstić information content (AvgIpc) is 2.32. The molecule has 0 amide bonds. The second-order valence-electron chi connectivity index (χ2n) is 4.28. The van der Waals surface area contributed by atoms with E-state index in [1.54, 1.807) is 12.3 Å². The third-order valence-electron chi connectivity index (χ3n) is 2.51. The molecule has 108 valence electrons. The number of aryl methyl sites for hydroxylation is 1. The van der Waals surface area contributed by atoms with Gasteiger partial charge in [-0.05, 0) is 19.9 Å². The van der Waals surface area contributed by atoms with E-state index in [1.165, 1.54) is 0 Å². The fourth-order valence-corrected chi connectivity index (χ4v) is 1.54. The van der Waals surface area contributed by atoms with E-state index in [0.29, 0.717) is 12.3 Å². The van der Waals surface area contributed by atoms with E-state index in [4.69, 9.17) is 4.74 Å². The van der Waals surface area contributed by atoms with Gasteiger partial charge in [-0.3, -0.25) is 4.98 Å². The average molecular weight is 276 g/mol. The monoisotopic (exact) mass is 276 g/mol. The van der Waals surface area contributed by atoms with Gasteiger partial charge in [-0.25, -0.2) is 0 Å². The normalized spacial score (nSPS) is 11.6. The van der Waals surface area contributed by atoms with Crippen molar-refractivity contribution in [2.24, 2.45) is 0 Å². The quantitative estimate of drug-likeness (QED) is 0.776. The summed E-state index contributed by atoms with van der Waals surface area (Å²) in [4.78, 5) is 4.16. The van der Waals surface area contributed by atoms with Crippen molar-refractivity contribution in [1.82, 2.24) is 10.3 Å². The lowest BCUT2D eigenvalue weighted by molar-refractivity contribution is -0.136. The summed E-state index contributed by atoms with van der Waals surface area (Å²) in [5.41, 5.74) is 1.64. The zero-order chi connectivity index (χ0) is 14.3. The predicted octanol–water partition coefficient (Wildman–Crippen LogP) is 3.22. The van der Waals surface area contributed by atoms with Gasteiger partial charge in [0.05, 0.1) is 6.61 Å². The minimum atomic E-state index is -4.12. The molecular weight excluding hydrogens is 257 g/mol. The molecule has 0 aliphatic carbocycles. The molecule has 0 spiro atoms. The Morgan fingerprint density at radius 2 is 2.11 bits per heavy atom. The molecule has 0 radical (unpaired) electrons. The van der Waals surface area contributed by atoms with Crippen molar-refractivity contribution in [3.05, 3.63) is 23.5 Å². The van der Waals surface area contributed by atoms with Crippen LogP contribution < -0.4 is 10.1 Å². The second kappa shape index (κ2) is 7.33. The standard InChI is InChI=1S/C13H19F3N2O/c1-3-17-8-11-9-18-10(2)7-12(11)19-6-4-5-13(14,15)16/h7,9,17H,3-6,8H2,1-2H3. The number of hydrogen-bond acceptors (Lipinski definition) is 3. The summed E-state index contributed by atoms with van der Waals surface area (Å²) >= 11 is 0. The summed E-state index contributed by atoms with van der Waals surface area (Å²) in [6.07, 6.45) is -3.29. The highest BCUT2D eigenvalue weighted by Gasteiger charge is 2.26. The number of alkyl halides is 3. The molecule has 6 heteroatoms. The second-order valence-corrected chi connectivity index (χ2v) is 4.28. The Labute approximate surface area is 111 Å². The van der Waals surface area contributed by atoms with Gasteiger partial charge in [0.2, 0.25) is 0 Å². The van der Waals surface area contributed by atoms with Crippen molar-refractivity contribution in [2.75, 3.05) is 13.2 Å². The maximum Gasteiger partial charge on any atom is 0.389 e. The number of nitrogens with zero attached hydrogens (tertiary/aromatic N) is 1. The lowest BCUT2D eigenvalue weighted by atomic mass is 10.2.